The Morgan fingerprint density at radius 3 is 2.65 bits per heavy atom. The van der Waals surface area contributed by atoms with Gasteiger partial charge >= 0.3 is 0 Å². The van der Waals surface area contributed by atoms with Crippen LogP contribution < -0.4 is 10.1 Å². The summed E-state index contributed by atoms with van der Waals surface area (Å²) in [7, 11) is 0. The van der Waals surface area contributed by atoms with Gasteiger partial charge in [-0.3, -0.25) is 0 Å². The fourth-order valence-corrected chi connectivity index (χ4v) is 2.72. The van der Waals surface area contributed by atoms with Gasteiger partial charge in [-0.05, 0) is 23.3 Å². The highest BCUT2D eigenvalue weighted by atomic mass is 19.1. The zero-order valence-electron chi connectivity index (χ0n) is 12.4. The Labute approximate surface area is 133 Å². The Bertz CT molecular complexity index is 849. The number of anilines is 1. The largest absolute Gasteiger partial charge is 0.488 e. The Morgan fingerprint density at radius 1 is 0.957 bits per heavy atom. The van der Waals surface area contributed by atoms with Gasteiger partial charge in [-0.25, -0.2) is 9.37 Å². The second-order valence-electron chi connectivity index (χ2n) is 5.41. The van der Waals surface area contributed by atoms with Crippen molar-refractivity contribution in [3.8, 4) is 28.0 Å². The molecule has 3 aromatic rings. The zero-order chi connectivity index (χ0) is 15.6. The number of benzene rings is 2. The summed E-state index contributed by atoms with van der Waals surface area (Å²) in [6.07, 6.45) is 1.67. The molecule has 0 saturated heterocycles. The van der Waals surface area contributed by atoms with Gasteiger partial charge in [-0.15, -0.1) is 0 Å². The zero-order valence-corrected chi connectivity index (χ0v) is 12.4. The molecule has 1 aromatic heterocycles. The number of hydrogen-bond donors (Lipinski definition) is 1. The van der Waals surface area contributed by atoms with Crippen molar-refractivity contribution in [2.24, 2.45) is 0 Å². The average Bonchev–Trinajstić information content (AvgIpc) is 2.62. The van der Waals surface area contributed by atoms with Gasteiger partial charge in [0.15, 0.2) is 11.6 Å². The van der Waals surface area contributed by atoms with Crippen molar-refractivity contribution in [1.29, 1.82) is 0 Å². The van der Waals surface area contributed by atoms with Crippen molar-refractivity contribution < 1.29 is 9.13 Å². The molecule has 3 nitrogen and oxygen atoms in total. The van der Waals surface area contributed by atoms with Crippen LogP contribution in [-0.4, -0.2) is 18.1 Å². The van der Waals surface area contributed by atoms with Crippen LogP contribution in [0.1, 0.15) is 0 Å². The first kappa shape index (κ1) is 13.8. The van der Waals surface area contributed by atoms with E-state index in [1.807, 2.05) is 42.5 Å². The molecule has 0 fully saturated rings. The van der Waals surface area contributed by atoms with Gasteiger partial charge in [-0.2, -0.15) is 0 Å². The topological polar surface area (TPSA) is 34.1 Å². The SMILES string of the molecule is Fc1cc(-c2ccccc2)ccc1-c1cnc2c(c1)OCCN2. The van der Waals surface area contributed by atoms with Crippen LogP contribution in [0.4, 0.5) is 10.2 Å². The van der Waals surface area contributed by atoms with Crippen LogP contribution in [-0.2, 0) is 0 Å². The number of aromatic nitrogens is 1. The maximum atomic E-state index is 14.6. The first-order chi connectivity index (χ1) is 11.3. The highest BCUT2D eigenvalue weighted by Crippen LogP contribution is 2.33. The molecular formula is C19H15FN2O. The third-order valence-electron chi connectivity index (χ3n) is 3.89. The van der Waals surface area contributed by atoms with Crippen molar-refractivity contribution in [2.75, 3.05) is 18.5 Å². The molecule has 0 aliphatic carbocycles. The smallest absolute Gasteiger partial charge is 0.168 e. The maximum Gasteiger partial charge on any atom is 0.168 e. The quantitative estimate of drug-likeness (QED) is 0.764. The van der Waals surface area contributed by atoms with E-state index < -0.39 is 0 Å². The van der Waals surface area contributed by atoms with E-state index >= 15 is 0 Å². The van der Waals surface area contributed by atoms with Crippen molar-refractivity contribution >= 4 is 5.82 Å². The number of nitrogens with zero attached hydrogens (tertiary/aromatic N) is 1. The fraction of sp³-hybridized carbons (Fsp3) is 0.105. The van der Waals surface area contributed by atoms with E-state index in [1.54, 1.807) is 18.3 Å². The van der Waals surface area contributed by atoms with Crippen LogP contribution in [0, 0.1) is 5.82 Å². The Kier molecular flexibility index (Phi) is 3.42. The van der Waals surface area contributed by atoms with E-state index in [9.17, 15) is 4.39 Å². The normalized spacial score (nSPS) is 12.9. The lowest BCUT2D eigenvalue weighted by Gasteiger charge is -2.18. The third kappa shape index (κ3) is 2.63. The molecule has 0 spiro atoms. The predicted octanol–water partition coefficient (Wildman–Crippen LogP) is 4.36. The molecule has 0 saturated carbocycles. The standard InChI is InChI=1S/C19H15FN2O/c20-17-10-14(13-4-2-1-3-5-13)6-7-16(17)15-11-18-19(22-12-15)21-8-9-23-18/h1-7,10-12H,8-9H2,(H,21,22). The summed E-state index contributed by atoms with van der Waals surface area (Å²) in [4.78, 5) is 4.31. The van der Waals surface area contributed by atoms with Crippen LogP contribution in [0.2, 0.25) is 0 Å². The minimum Gasteiger partial charge on any atom is -0.488 e. The van der Waals surface area contributed by atoms with Crippen LogP contribution in [0.15, 0.2) is 60.8 Å². The van der Waals surface area contributed by atoms with Gasteiger partial charge in [0.05, 0.1) is 6.54 Å². The number of rotatable bonds is 2. The van der Waals surface area contributed by atoms with Gasteiger partial charge in [0.2, 0.25) is 0 Å². The molecule has 114 valence electrons. The molecule has 1 N–H and O–H groups in total. The summed E-state index contributed by atoms with van der Waals surface area (Å²) in [5.74, 6) is 1.11. The predicted molar refractivity (Wildman–Crippen MR) is 89.1 cm³/mol. The van der Waals surface area contributed by atoms with E-state index in [0.29, 0.717) is 29.3 Å². The summed E-state index contributed by atoms with van der Waals surface area (Å²) in [5, 5.41) is 3.16. The molecule has 0 amide bonds. The van der Waals surface area contributed by atoms with E-state index in [0.717, 1.165) is 17.7 Å². The molecule has 0 atom stereocenters. The second kappa shape index (κ2) is 5.72. The van der Waals surface area contributed by atoms with Crippen molar-refractivity contribution in [2.45, 2.75) is 0 Å². The van der Waals surface area contributed by atoms with Crippen LogP contribution in [0.5, 0.6) is 5.75 Å². The second-order valence-corrected chi connectivity index (χ2v) is 5.41. The van der Waals surface area contributed by atoms with E-state index in [2.05, 4.69) is 10.3 Å². The number of ether oxygens (including phenoxy) is 1. The first-order valence-electron chi connectivity index (χ1n) is 7.53. The van der Waals surface area contributed by atoms with E-state index in [-0.39, 0.29) is 5.82 Å². The fourth-order valence-electron chi connectivity index (χ4n) is 2.72. The summed E-state index contributed by atoms with van der Waals surface area (Å²) in [6.45, 7) is 1.33. The summed E-state index contributed by atoms with van der Waals surface area (Å²) < 4.78 is 20.1. The molecular weight excluding hydrogens is 291 g/mol. The molecule has 4 rings (SSSR count). The number of halogens is 1. The van der Waals surface area contributed by atoms with Gasteiger partial charge < -0.3 is 10.1 Å². The highest BCUT2D eigenvalue weighted by Gasteiger charge is 2.14. The lowest BCUT2D eigenvalue weighted by atomic mass is 10.0. The van der Waals surface area contributed by atoms with Crippen LogP contribution in [0.3, 0.4) is 0 Å². The molecule has 2 aromatic carbocycles. The molecule has 4 heteroatoms. The lowest BCUT2D eigenvalue weighted by Crippen LogP contribution is -2.18. The number of fused-ring (bicyclic) bond motifs is 1. The maximum absolute atomic E-state index is 14.6. The first-order valence-corrected chi connectivity index (χ1v) is 7.53. The van der Waals surface area contributed by atoms with Gasteiger partial charge in [0.1, 0.15) is 12.4 Å². The van der Waals surface area contributed by atoms with Gasteiger partial charge in [-0.1, -0.05) is 42.5 Å². The molecule has 0 bridgehead atoms. The monoisotopic (exact) mass is 306 g/mol. The van der Waals surface area contributed by atoms with Crippen LogP contribution in [0.25, 0.3) is 22.3 Å². The van der Waals surface area contributed by atoms with Crippen LogP contribution >= 0.6 is 0 Å². The number of nitrogens with one attached hydrogen (secondary N) is 1. The minimum absolute atomic E-state index is 0.267. The minimum atomic E-state index is -0.267. The molecule has 0 unspecified atom stereocenters. The summed E-state index contributed by atoms with van der Waals surface area (Å²) in [6, 6.07) is 16.9. The molecule has 1 aliphatic heterocycles. The third-order valence-corrected chi connectivity index (χ3v) is 3.89. The number of hydrogen-bond acceptors (Lipinski definition) is 3. The van der Waals surface area contributed by atoms with Crippen molar-refractivity contribution in [1.82, 2.24) is 4.98 Å². The Morgan fingerprint density at radius 2 is 1.83 bits per heavy atom. The van der Waals surface area contributed by atoms with Crippen molar-refractivity contribution in [3.63, 3.8) is 0 Å². The van der Waals surface area contributed by atoms with E-state index in [4.69, 9.17) is 4.74 Å². The Hall–Kier alpha value is -2.88. The average molecular weight is 306 g/mol. The highest BCUT2D eigenvalue weighted by molar-refractivity contribution is 5.72. The molecule has 23 heavy (non-hydrogen) atoms. The van der Waals surface area contributed by atoms with Gasteiger partial charge in [0.25, 0.3) is 0 Å². The Balaban J connectivity index is 1.72. The summed E-state index contributed by atoms with van der Waals surface area (Å²) >= 11 is 0. The summed E-state index contributed by atoms with van der Waals surface area (Å²) in [5.41, 5.74) is 3.09. The van der Waals surface area contributed by atoms with Crippen molar-refractivity contribution in [3.05, 3.63) is 66.6 Å². The molecule has 2 heterocycles. The van der Waals surface area contributed by atoms with E-state index in [1.165, 1.54) is 0 Å². The number of pyridine rings is 1. The lowest BCUT2D eigenvalue weighted by molar-refractivity contribution is 0.321. The molecule has 0 radical (unpaired) electrons. The van der Waals surface area contributed by atoms with Gasteiger partial charge in [0, 0.05) is 17.3 Å². The molecule has 1 aliphatic rings.